The fourth-order valence-electron chi connectivity index (χ4n) is 5.60. The van der Waals surface area contributed by atoms with E-state index in [-0.39, 0.29) is 5.41 Å². The van der Waals surface area contributed by atoms with Gasteiger partial charge in [-0.2, -0.15) is 0 Å². The molecule has 4 rings (SSSR count). The Morgan fingerprint density at radius 3 is 2.50 bits per heavy atom. The molecule has 4 unspecified atom stereocenters. The fourth-order valence-corrected chi connectivity index (χ4v) is 5.60. The smallest absolute Gasteiger partial charge is 0.309 e. The number of carboxylic acid groups (broad SMARTS) is 1. The van der Waals surface area contributed by atoms with Crippen LogP contribution in [0.4, 0.5) is 0 Å². The van der Waals surface area contributed by atoms with Crippen LogP contribution in [0.2, 0.25) is 0 Å². The van der Waals surface area contributed by atoms with Crippen LogP contribution in [0.15, 0.2) is 42.0 Å². The Kier molecular flexibility index (Phi) is 3.63. The van der Waals surface area contributed by atoms with Crippen molar-refractivity contribution in [3.8, 4) is 0 Å². The van der Waals surface area contributed by atoms with Crippen LogP contribution in [0.1, 0.15) is 57.9 Å². The van der Waals surface area contributed by atoms with Gasteiger partial charge in [-0.25, -0.2) is 0 Å². The zero-order valence-corrected chi connectivity index (χ0v) is 14.8. The van der Waals surface area contributed by atoms with Crippen molar-refractivity contribution in [1.29, 1.82) is 0 Å². The number of hydrogen-bond acceptors (Lipinski definition) is 1. The van der Waals surface area contributed by atoms with Gasteiger partial charge in [0.2, 0.25) is 0 Å². The van der Waals surface area contributed by atoms with Gasteiger partial charge in [0.1, 0.15) is 0 Å². The Bertz CT molecular complexity index is 668. The average molecular weight is 324 g/mol. The summed E-state index contributed by atoms with van der Waals surface area (Å²) in [6, 6.07) is 10.7. The van der Waals surface area contributed by atoms with E-state index < -0.39 is 11.4 Å². The summed E-state index contributed by atoms with van der Waals surface area (Å²) in [5, 5.41) is 9.94. The highest BCUT2D eigenvalue weighted by atomic mass is 16.4. The maximum Gasteiger partial charge on any atom is 0.309 e. The Balaban J connectivity index is 1.77. The maximum absolute atomic E-state index is 12.1. The Labute approximate surface area is 145 Å². The molecule has 1 N–H and O–H groups in total. The number of benzene rings is 1. The standard InChI is InChI=1S/C22H28O2/c1-15-11-22(18-6-4-3-5-7-18)13-17(19(15)10-16-8-9-16)12-21(2,14-22)20(23)24/h3-7,10,15-17H,8-9,11-14H2,1-2H3,(H,23,24)/b19-10+. The van der Waals surface area contributed by atoms with Crippen LogP contribution in [0, 0.1) is 23.2 Å². The number of fused-ring (bicyclic) bond motifs is 2. The minimum atomic E-state index is -0.618. The lowest BCUT2D eigenvalue weighted by atomic mass is 9.49. The molecular weight excluding hydrogens is 296 g/mol. The molecule has 1 aromatic rings. The molecule has 0 aliphatic heterocycles. The normalized spacial score (nSPS) is 40.5. The molecule has 2 nitrogen and oxygen atoms in total. The minimum absolute atomic E-state index is 0.0254. The molecule has 3 saturated carbocycles. The second kappa shape index (κ2) is 5.47. The molecule has 3 aliphatic carbocycles. The summed E-state index contributed by atoms with van der Waals surface area (Å²) in [7, 11) is 0. The lowest BCUT2D eigenvalue weighted by Gasteiger charge is -2.54. The summed E-state index contributed by atoms with van der Waals surface area (Å²) in [5.74, 6) is 1.16. The first kappa shape index (κ1) is 15.9. The molecule has 2 bridgehead atoms. The largest absolute Gasteiger partial charge is 0.481 e. The van der Waals surface area contributed by atoms with E-state index in [2.05, 4.69) is 43.3 Å². The van der Waals surface area contributed by atoms with Crippen LogP contribution in [-0.2, 0) is 10.2 Å². The van der Waals surface area contributed by atoms with Crippen LogP contribution < -0.4 is 0 Å². The van der Waals surface area contributed by atoms with Crippen molar-refractivity contribution in [2.45, 2.75) is 57.8 Å². The Morgan fingerprint density at radius 1 is 1.17 bits per heavy atom. The van der Waals surface area contributed by atoms with Crippen molar-refractivity contribution in [1.82, 2.24) is 0 Å². The predicted molar refractivity (Wildman–Crippen MR) is 95.8 cm³/mol. The predicted octanol–water partition coefficient (Wildman–Crippen LogP) is 5.19. The number of allylic oxidation sites excluding steroid dienone is 2. The molecule has 1 aromatic carbocycles. The van der Waals surface area contributed by atoms with Crippen molar-refractivity contribution in [3.05, 3.63) is 47.5 Å². The van der Waals surface area contributed by atoms with E-state index in [0.29, 0.717) is 11.8 Å². The molecule has 0 amide bonds. The maximum atomic E-state index is 12.1. The van der Waals surface area contributed by atoms with E-state index in [9.17, 15) is 9.90 Å². The summed E-state index contributed by atoms with van der Waals surface area (Å²) < 4.78 is 0. The molecule has 4 atom stereocenters. The summed E-state index contributed by atoms with van der Waals surface area (Å²) >= 11 is 0. The van der Waals surface area contributed by atoms with E-state index in [1.54, 1.807) is 5.57 Å². The van der Waals surface area contributed by atoms with Crippen molar-refractivity contribution in [2.75, 3.05) is 0 Å². The third kappa shape index (κ3) is 2.60. The highest BCUT2D eigenvalue weighted by Crippen LogP contribution is 2.60. The minimum Gasteiger partial charge on any atom is -0.481 e. The first-order chi connectivity index (χ1) is 11.4. The highest BCUT2D eigenvalue weighted by Gasteiger charge is 2.54. The summed E-state index contributed by atoms with van der Waals surface area (Å²) in [6.07, 6.45) is 8.96. The van der Waals surface area contributed by atoms with Gasteiger partial charge in [0.05, 0.1) is 5.41 Å². The molecule has 0 radical (unpaired) electrons. The van der Waals surface area contributed by atoms with Crippen molar-refractivity contribution >= 4 is 5.97 Å². The monoisotopic (exact) mass is 324 g/mol. The van der Waals surface area contributed by atoms with Gasteiger partial charge in [-0.1, -0.05) is 48.9 Å². The van der Waals surface area contributed by atoms with E-state index in [1.165, 1.54) is 18.4 Å². The lowest BCUT2D eigenvalue weighted by Crippen LogP contribution is -2.50. The molecule has 0 heterocycles. The molecule has 0 saturated heterocycles. The SMILES string of the molecule is CC1CC2(c3ccccc3)CC(CC(C)(C(=O)O)C2)/C1=C/C1CC1. The first-order valence-electron chi connectivity index (χ1n) is 9.42. The van der Waals surface area contributed by atoms with Crippen LogP contribution in [0.25, 0.3) is 0 Å². The molecular formula is C22H28O2. The third-order valence-electron chi connectivity index (χ3n) is 6.75. The van der Waals surface area contributed by atoms with Gasteiger partial charge >= 0.3 is 5.97 Å². The molecule has 24 heavy (non-hydrogen) atoms. The van der Waals surface area contributed by atoms with Gasteiger partial charge in [-0.3, -0.25) is 4.79 Å². The van der Waals surface area contributed by atoms with Gasteiger partial charge in [0.15, 0.2) is 0 Å². The quantitative estimate of drug-likeness (QED) is 0.777. The first-order valence-corrected chi connectivity index (χ1v) is 9.42. The number of aliphatic carboxylic acids is 1. The van der Waals surface area contributed by atoms with E-state index >= 15 is 0 Å². The fraction of sp³-hybridized carbons (Fsp3) is 0.591. The summed E-state index contributed by atoms with van der Waals surface area (Å²) in [5.41, 5.74) is 2.33. The van der Waals surface area contributed by atoms with Crippen LogP contribution in [-0.4, -0.2) is 11.1 Å². The molecule has 128 valence electrons. The van der Waals surface area contributed by atoms with Crippen molar-refractivity contribution in [2.24, 2.45) is 23.2 Å². The molecule has 3 fully saturated rings. The van der Waals surface area contributed by atoms with Gasteiger partial charge in [0, 0.05) is 0 Å². The van der Waals surface area contributed by atoms with Crippen molar-refractivity contribution < 1.29 is 9.90 Å². The van der Waals surface area contributed by atoms with E-state index in [4.69, 9.17) is 0 Å². The molecule has 2 heteroatoms. The topological polar surface area (TPSA) is 37.3 Å². The zero-order valence-electron chi connectivity index (χ0n) is 14.8. The second-order valence-corrected chi connectivity index (χ2v) is 8.90. The molecule has 0 spiro atoms. The van der Waals surface area contributed by atoms with Gasteiger partial charge < -0.3 is 5.11 Å². The summed E-state index contributed by atoms with van der Waals surface area (Å²) in [4.78, 5) is 12.1. The Morgan fingerprint density at radius 2 is 1.88 bits per heavy atom. The number of rotatable bonds is 3. The molecule has 0 aromatic heterocycles. The summed E-state index contributed by atoms with van der Waals surface area (Å²) in [6.45, 7) is 4.34. The second-order valence-electron chi connectivity index (χ2n) is 8.90. The zero-order chi connectivity index (χ0) is 16.9. The Hall–Kier alpha value is -1.57. The van der Waals surface area contributed by atoms with Crippen molar-refractivity contribution in [3.63, 3.8) is 0 Å². The van der Waals surface area contributed by atoms with Crippen LogP contribution >= 0.6 is 0 Å². The van der Waals surface area contributed by atoms with E-state index in [0.717, 1.165) is 31.6 Å². The lowest BCUT2D eigenvalue weighted by molar-refractivity contribution is -0.153. The number of carbonyl (C=O) groups is 1. The van der Waals surface area contributed by atoms with Crippen LogP contribution in [0.5, 0.6) is 0 Å². The molecule has 3 aliphatic rings. The number of carboxylic acids is 1. The third-order valence-corrected chi connectivity index (χ3v) is 6.75. The number of hydrogen-bond donors (Lipinski definition) is 1. The van der Waals surface area contributed by atoms with Gasteiger partial charge in [0.25, 0.3) is 0 Å². The highest BCUT2D eigenvalue weighted by molar-refractivity contribution is 5.75. The van der Waals surface area contributed by atoms with Crippen LogP contribution in [0.3, 0.4) is 0 Å². The average Bonchev–Trinajstić information content (AvgIpc) is 3.36. The van der Waals surface area contributed by atoms with Gasteiger partial charge in [-0.05, 0) is 74.2 Å². The van der Waals surface area contributed by atoms with Gasteiger partial charge in [-0.15, -0.1) is 0 Å². The van der Waals surface area contributed by atoms with E-state index in [1.807, 2.05) is 6.92 Å².